The number of carbonyl (C=O) groups is 2. The second-order valence-electron chi connectivity index (χ2n) is 5.21. The minimum absolute atomic E-state index is 0.227. The van der Waals surface area contributed by atoms with Crippen LogP contribution in [0, 0.1) is 17.2 Å². The number of anilines is 1. The Morgan fingerprint density at radius 3 is 2.79 bits per heavy atom. The fourth-order valence-corrected chi connectivity index (χ4v) is 2.54. The van der Waals surface area contributed by atoms with Gasteiger partial charge in [0.1, 0.15) is 5.54 Å². The van der Waals surface area contributed by atoms with Crippen molar-refractivity contribution in [1.82, 2.24) is 5.32 Å². The van der Waals surface area contributed by atoms with Gasteiger partial charge in [-0.25, -0.2) is 9.69 Å². The monoisotopic (exact) mass is 255 g/mol. The highest BCUT2D eigenvalue weighted by atomic mass is 16.2. The average Bonchev–Trinajstić information content (AvgIpc) is 3.20. The molecule has 1 aliphatic carbocycles. The van der Waals surface area contributed by atoms with Gasteiger partial charge in [0, 0.05) is 0 Å². The molecule has 2 fully saturated rings. The molecule has 1 heterocycles. The summed E-state index contributed by atoms with van der Waals surface area (Å²) in [6, 6.07) is 8.12. The Bertz CT molecular complexity index is 615. The summed E-state index contributed by atoms with van der Waals surface area (Å²) in [4.78, 5) is 25.7. The fraction of sp³-hybridized carbons (Fsp3) is 0.357. The molecule has 2 aliphatic rings. The molecule has 1 saturated carbocycles. The van der Waals surface area contributed by atoms with Gasteiger partial charge < -0.3 is 5.32 Å². The minimum atomic E-state index is -0.792. The molecule has 3 amide bonds. The van der Waals surface area contributed by atoms with Crippen molar-refractivity contribution < 1.29 is 9.59 Å². The molecule has 3 rings (SSSR count). The SMILES string of the molecule is C[C@@]1(C2CC2)NC(=O)N(c2cccc(C#N)c2)C1=O. The topological polar surface area (TPSA) is 73.2 Å². The quantitative estimate of drug-likeness (QED) is 0.819. The lowest BCUT2D eigenvalue weighted by atomic mass is 9.96. The van der Waals surface area contributed by atoms with Crippen LogP contribution in [-0.2, 0) is 4.79 Å². The minimum Gasteiger partial charge on any atom is -0.323 e. The number of amides is 3. The smallest absolute Gasteiger partial charge is 0.323 e. The van der Waals surface area contributed by atoms with Crippen LogP contribution >= 0.6 is 0 Å². The second-order valence-corrected chi connectivity index (χ2v) is 5.21. The maximum absolute atomic E-state index is 12.5. The first-order chi connectivity index (χ1) is 9.06. The van der Waals surface area contributed by atoms with Crippen LogP contribution in [0.25, 0.3) is 0 Å². The number of hydrogen-bond donors (Lipinski definition) is 1. The van der Waals surface area contributed by atoms with Gasteiger partial charge >= 0.3 is 6.03 Å². The Balaban J connectivity index is 1.99. The number of nitriles is 1. The van der Waals surface area contributed by atoms with Gasteiger partial charge in [-0.15, -0.1) is 0 Å². The first-order valence-electron chi connectivity index (χ1n) is 6.23. The maximum atomic E-state index is 12.5. The molecule has 5 heteroatoms. The van der Waals surface area contributed by atoms with E-state index in [-0.39, 0.29) is 11.8 Å². The number of hydrogen-bond acceptors (Lipinski definition) is 3. The van der Waals surface area contributed by atoms with Crippen LogP contribution in [0.1, 0.15) is 25.3 Å². The van der Waals surface area contributed by atoms with Crippen LogP contribution < -0.4 is 10.2 Å². The molecular weight excluding hydrogens is 242 g/mol. The van der Waals surface area contributed by atoms with Crippen molar-refractivity contribution in [2.75, 3.05) is 4.90 Å². The number of nitrogens with one attached hydrogen (secondary N) is 1. The van der Waals surface area contributed by atoms with Gasteiger partial charge in [-0.05, 0) is 43.9 Å². The first kappa shape index (κ1) is 11.7. The van der Waals surface area contributed by atoms with Crippen LogP contribution in [0.4, 0.5) is 10.5 Å². The van der Waals surface area contributed by atoms with E-state index in [1.54, 1.807) is 31.2 Å². The van der Waals surface area contributed by atoms with Gasteiger partial charge in [0.25, 0.3) is 5.91 Å². The van der Waals surface area contributed by atoms with E-state index in [9.17, 15) is 9.59 Å². The molecule has 0 radical (unpaired) electrons. The van der Waals surface area contributed by atoms with Crippen LogP contribution in [0.2, 0.25) is 0 Å². The third-order valence-corrected chi connectivity index (χ3v) is 3.84. The first-order valence-corrected chi connectivity index (χ1v) is 6.23. The molecule has 0 bridgehead atoms. The molecule has 1 saturated heterocycles. The lowest BCUT2D eigenvalue weighted by Crippen LogP contribution is -2.46. The lowest BCUT2D eigenvalue weighted by molar-refractivity contribution is -0.122. The number of benzene rings is 1. The van der Waals surface area contributed by atoms with Crippen molar-refractivity contribution >= 4 is 17.6 Å². The van der Waals surface area contributed by atoms with Gasteiger partial charge in [-0.3, -0.25) is 4.79 Å². The normalized spacial score (nSPS) is 26.2. The number of carbonyl (C=O) groups excluding carboxylic acids is 2. The zero-order valence-electron chi connectivity index (χ0n) is 10.5. The Morgan fingerprint density at radius 2 is 2.16 bits per heavy atom. The molecular formula is C14H13N3O2. The molecule has 1 aromatic carbocycles. The van der Waals surface area contributed by atoms with Gasteiger partial charge in [0.05, 0.1) is 17.3 Å². The third-order valence-electron chi connectivity index (χ3n) is 3.84. The number of nitrogens with zero attached hydrogens (tertiary/aromatic N) is 2. The molecule has 0 spiro atoms. The predicted octanol–water partition coefficient (Wildman–Crippen LogP) is 1.78. The highest BCUT2D eigenvalue weighted by Gasteiger charge is 2.56. The number of urea groups is 1. The van der Waals surface area contributed by atoms with E-state index in [1.165, 1.54) is 0 Å². The molecule has 96 valence electrons. The zero-order valence-corrected chi connectivity index (χ0v) is 10.5. The third kappa shape index (κ3) is 1.68. The Hall–Kier alpha value is -2.35. The van der Waals surface area contributed by atoms with Gasteiger partial charge in [0.2, 0.25) is 0 Å². The highest BCUT2D eigenvalue weighted by Crippen LogP contribution is 2.43. The zero-order chi connectivity index (χ0) is 13.6. The molecule has 19 heavy (non-hydrogen) atoms. The molecule has 1 aromatic rings. The van der Waals surface area contributed by atoms with E-state index in [0.717, 1.165) is 17.7 Å². The summed E-state index contributed by atoms with van der Waals surface area (Å²) in [7, 11) is 0. The van der Waals surface area contributed by atoms with Gasteiger partial charge in [-0.1, -0.05) is 6.07 Å². The Kier molecular flexibility index (Phi) is 2.36. The van der Waals surface area contributed by atoms with E-state index in [4.69, 9.17) is 5.26 Å². The van der Waals surface area contributed by atoms with Crippen LogP contribution in [0.3, 0.4) is 0 Å². The largest absolute Gasteiger partial charge is 0.329 e. The molecule has 1 atom stereocenters. The highest BCUT2D eigenvalue weighted by molar-refractivity contribution is 6.23. The van der Waals surface area contributed by atoms with E-state index >= 15 is 0 Å². The van der Waals surface area contributed by atoms with Gasteiger partial charge in [-0.2, -0.15) is 5.26 Å². The lowest BCUT2D eigenvalue weighted by Gasteiger charge is -2.20. The summed E-state index contributed by atoms with van der Waals surface area (Å²) in [5, 5.41) is 11.7. The van der Waals surface area contributed by atoms with Crippen molar-refractivity contribution in [2.24, 2.45) is 5.92 Å². The van der Waals surface area contributed by atoms with Crippen LogP contribution in [-0.4, -0.2) is 17.5 Å². The van der Waals surface area contributed by atoms with Crippen molar-refractivity contribution in [2.45, 2.75) is 25.3 Å². The summed E-state index contributed by atoms with van der Waals surface area (Å²) >= 11 is 0. The molecule has 1 N–H and O–H groups in total. The Morgan fingerprint density at radius 1 is 1.42 bits per heavy atom. The number of imide groups is 1. The summed E-state index contributed by atoms with van der Waals surface area (Å²) in [5.74, 6) is 0.00295. The maximum Gasteiger partial charge on any atom is 0.329 e. The number of rotatable bonds is 2. The Labute approximate surface area is 110 Å². The summed E-state index contributed by atoms with van der Waals surface area (Å²) in [5.41, 5.74) is 0.0868. The summed E-state index contributed by atoms with van der Waals surface area (Å²) < 4.78 is 0. The van der Waals surface area contributed by atoms with Crippen LogP contribution in [0.15, 0.2) is 24.3 Å². The van der Waals surface area contributed by atoms with Crippen LogP contribution in [0.5, 0.6) is 0 Å². The van der Waals surface area contributed by atoms with E-state index in [2.05, 4.69) is 5.32 Å². The summed E-state index contributed by atoms with van der Waals surface area (Å²) in [6.07, 6.45) is 1.93. The van der Waals surface area contributed by atoms with E-state index in [0.29, 0.717) is 11.3 Å². The second kappa shape index (κ2) is 3.82. The standard InChI is InChI=1S/C14H13N3O2/c1-14(10-5-6-10)12(18)17(13(19)16-14)11-4-2-3-9(7-11)8-15/h2-4,7,10H,5-6H2,1H3,(H,16,19)/t14-/m0/s1. The van der Waals surface area contributed by atoms with Gasteiger partial charge in [0.15, 0.2) is 0 Å². The van der Waals surface area contributed by atoms with Crippen molar-refractivity contribution in [3.05, 3.63) is 29.8 Å². The fourth-order valence-electron chi connectivity index (χ4n) is 2.54. The molecule has 5 nitrogen and oxygen atoms in total. The molecule has 1 aliphatic heterocycles. The van der Waals surface area contributed by atoms with Crippen molar-refractivity contribution in [1.29, 1.82) is 5.26 Å². The molecule has 0 unspecified atom stereocenters. The van der Waals surface area contributed by atoms with Crippen molar-refractivity contribution in [3.8, 4) is 6.07 Å². The van der Waals surface area contributed by atoms with E-state index in [1.807, 2.05) is 6.07 Å². The average molecular weight is 255 g/mol. The van der Waals surface area contributed by atoms with E-state index < -0.39 is 11.6 Å². The van der Waals surface area contributed by atoms with Crippen molar-refractivity contribution in [3.63, 3.8) is 0 Å². The molecule has 0 aromatic heterocycles. The summed E-state index contributed by atoms with van der Waals surface area (Å²) in [6.45, 7) is 1.78. The predicted molar refractivity (Wildman–Crippen MR) is 68.3 cm³/mol.